The van der Waals surface area contributed by atoms with Gasteiger partial charge in [-0.25, -0.2) is 0 Å². The van der Waals surface area contributed by atoms with Gasteiger partial charge in [-0.3, -0.25) is 9.69 Å². The number of carbonyl (C=O) groups excluding carboxylic acids is 1. The first-order valence-corrected chi connectivity index (χ1v) is 6.61. The molecule has 16 heavy (non-hydrogen) atoms. The van der Waals surface area contributed by atoms with Crippen LogP contribution in [0, 0.1) is 5.92 Å². The first kappa shape index (κ1) is 13.5. The molecule has 1 aliphatic rings. The van der Waals surface area contributed by atoms with Crippen LogP contribution in [0.1, 0.15) is 52.4 Å². The molecule has 1 amide bonds. The summed E-state index contributed by atoms with van der Waals surface area (Å²) >= 11 is 0. The van der Waals surface area contributed by atoms with E-state index in [0.29, 0.717) is 6.04 Å². The number of primary amides is 1. The average Bonchev–Trinajstić information content (AvgIpc) is 2.29. The van der Waals surface area contributed by atoms with Gasteiger partial charge in [0.1, 0.15) is 0 Å². The largest absolute Gasteiger partial charge is 0.368 e. The Bertz CT molecular complexity index is 222. The number of amides is 1. The average molecular weight is 226 g/mol. The zero-order valence-electron chi connectivity index (χ0n) is 10.9. The van der Waals surface area contributed by atoms with Gasteiger partial charge in [0.15, 0.2) is 0 Å². The van der Waals surface area contributed by atoms with Gasteiger partial charge in [-0.2, -0.15) is 0 Å². The Morgan fingerprint density at radius 3 is 2.25 bits per heavy atom. The lowest BCUT2D eigenvalue weighted by Crippen LogP contribution is -2.48. The van der Waals surface area contributed by atoms with E-state index in [0.717, 1.165) is 12.3 Å². The van der Waals surface area contributed by atoms with Crippen LogP contribution in [-0.4, -0.2) is 29.9 Å². The molecule has 0 radical (unpaired) electrons. The molecule has 3 heteroatoms. The number of likely N-dealkylation sites (N-methyl/N-ethyl adjacent to an activating group) is 1. The molecule has 0 heterocycles. The van der Waals surface area contributed by atoms with Crippen LogP contribution in [0.2, 0.25) is 0 Å². The fourth-order valence-electron chi connectivity index (χ4n) is 2.90. The van der Waals surface area contributed by atoms with Crippen molar-refractivity contribution < 1.29 is 4.79 Å². The summed E-state index contributed by atoms with van der Waals surface area (Å²) in [5, 5.41) is 0. The van der Waals surface area contributed by atoms with E-state index in [-0.39, 0.29) is 11.9 Å². The van der Waals surface area contributed by atoms with E-state index >= 15 is 0 Å². The van der Waals surface area contributed by atoms with Crippen molar-refractivity contribution in [1.82, 2.24) is 4.90 Å². The maximum Gasteiger partial charge on any atom is 0.234 e. The number of nitrogens with zero attached hydrogens (tertiary/aromatic N) is 1. The van der Waals surface area contributed by atoms with Gasteiger partial charge >= 0.3 is 0 Å². The van der Waals surface area contributed by atoms with E-state index in [1.165, 1.54) is 32.1 Å². The van der Waals surface area contributed by atoms with E-state index in [2.05, 4.69) is 18.9 Å². The van der Waals surface area contributed by atoms with Crippen molar-refractivity contribution in [3.8, 4) is 0 Å². The van der Waals surface area contributed by atoms with Crippen molar-refractivity contribution in [2.45, 2.75) is 64.5 Å². The molecular formula is C13H26N2O. The third-order valence-electron chi connectivity index (χ3n) is 4.18. The summed E-state index contributed by atoms with van der Waals surface area (Å²) in [4.78, 5) is 13.5. The Kier molecular flexibility index (Phi) is 5.26. The second-order valence-electron chi connectivity index (χ2n) is 5.07. The lowest BCUT2D eigenvalue weighted by atomic mass is 9.83. The molecule has 0 aliphatic heterocycles. The Labute approximate surface area is 99.4 Å². The van der Waals surface area contributed by atoms with Crippen LogP contribution in [0.4, 0.5) is 0 Å². The Balaban J connectivity index is 2.48. The van der Waals surface area contributed by atoms with Crippen LogP contribution in [0.3, 0.4) is 0 Å². The minimum atomic E-state index is -0.178. The highest BCUT2D eigenvalue weighted by molar-refractivity contribution is 5.79. The number of rotatable bonds is 5. The number of carbonyl (C=O) groups is 1. The van der Waals surface area contributed by atoms with Gasteiger partial charge in [0.2, 0.25) is 5.91 Å². The van der Waals surface area contributed by atoms with Crippen molar-refractivity contribution in [3.05, 3.63) is 0 Å². The van der Waals surface area contributed by atoms with E-state index in [4.69, 9.17) is 5.73 Å². The Hall–Kier alpha value is -0.570. The normalized spacial score (nSPS) is 28.0. The minimum Gasteiger partial charge on any atom is -0.368 e. The van der Waals surface area contributed by atoms with Gasteiger partial charge in [0.25, 0.3) is 0 Å². The number of hydrogen-bond donors (Lipinski definition) is 1. The molecule has 1 saturated carbocycles. The third kappa shape index (κ3) is 3.21. The van der Waals surface area contributed by atoms with Crippen LogP contribution in [0.5, 0.6) is 0 Å². The van der Waals surface area contributed by atoms with Crippen molar-refractivity contribution in [2.24, 2.45) is 11.7 Å². The Morgan fingerprint density at radius 1 is 1.31 bits per heavy atom. The first-order chi connectivity index (χ1) is 7.60. The molecule has 0 aromatic carbocycles. The summed E-state index contributed by atoms with van der Waals surface area (Å²) in [5.74, 6) is 0.723. The van der Waals surface area contributed by atoms with Crippen LogP contribution in [0.15, 0.2) is 0 Å². The second kappa shape index (κ2) is 6.24. The maximum atomic E-state index is 11.3. The topological polar surface area (TPSA) is 46.3 Å². The van der Waals surface area contributed by atoms with Crippen LogP contribution in [0.25, 0.3) is 0 Å². The highest BCUT2D eigenvalue weighted by Gasteiger charge is 2.28. The van der Waals surface area contributed by atoms with Gasteiger partial charge in [-0.05, 0) is 45.1 Å². The quantitative estimate of drug-likeness (QED) is 0.780. The summed E-state index contributed by atoms with van der Waals surface area (Å²) < 4.78 is 0. The summed E-state index contributed by atoms with van der Waals surface area (Å²) in [6, 6.07) is 0.475. The smallest absolute Gasteiger partial charge is 0.234 e. The predicted octanol–water partition coefficient (Wildman–Crippen LogP) is 2.15. The minimum absolute atomic E-state index is 0.0804. The molecule has 1 aliphatic carbocycles. The summed E-state index contributed by atoms with van der Waals surface area (Å²) in [6.45, 7) is 4.30. The molecule has 94 valence electrons. The fraction of sp³-hybridized carbons (Fsp3) is 0.923. The summed E-state index contributed by atoms with van der Waals surface area (Å²) in [5.41, 5.74) is 5.43. The number of nitrogens with two attached hydrogens (primary N) is 1. The van der Waals surface area contributed by atoms with Gasteiger partial charge in [0, 0.05) is 6.04 Å². The van der Waals surface area contributed by atoms with E-state index in [1.54, 1.807) is 0 Å². The van der Waals surface area contributed by atoms with Crippen molar-refractivity contribution >= 4 is 5.91 Å². The molecule has 0 aromatic heterocycles. The van der Waals surface area contributed by atoms with E-state index in [1.807, 2.05) is 6.92 Å². The summed E-state index contributed by atoms with van der Waals surface area (Å²) in [7, 11) is 2.05. The van der Waals surface area contributed by atoms with E-state index in [9.17, 15) is 4.79 Å². The molecular weight excluding hydrogens is 200 g/mol. The highest BCUT2D eigenvalue weighted by Crippen LogP contribution is 2.29. The molecule has 0 spiro atoms. The van der Waals surface area contributed by atoms with Crippen molar-refractivity contribution in [2.75, 3.05) is 7.05 Å². The van der Waals surface area contributed by atoms with Crippen molar-refractivity contribution in [3.63, 3.8) is 0 Å². The molecule has 0 bridgehead atoms. The van der Waals surface area contributed by atoms with Crippen LogP contribution < -0.4 is 5.73 Å². The lowest BCUT2D eigenvalue weighted by Gasteiger charge is -2.37. The third-order valence-corrected chi connectivity index (χ3v) is 4.18. The Morgan fingerprint density at radius 2 is 1.88 bits per heavy atom. The molecule has 1 fully saturated rings. The van der Waals surface area contributed by atoms with Gasteiger partial charge in [0.05, 0.1) is 6.04 Å². The second-order valence-corrected chi connectivity index (χ2v) is 5.07. The zero-order valence-corrected chi connectivity index (χ0v) is 10.9. The standard InChI is InChI=1S/C13H26N2O/c1-4-10-6-8-11(9-7-10)15(3)12(5-2)13(14)16/h10-12H,4-9H2,1-3H3,(H2,14,16). The van der Waals surface area contributed by atoms with Crippen LogP contribution in [-0.2, 0) is 4.79 Å². The van der Waals surface area contributed by atoms with Crippen molar-refractivity contribution in [1.29, 1.82) is 0 Å². The molecule has 2 N–H and O–H groups in total. The van der Waals surface area contributed by atoms with Gasteiger partial charge in [-0.15, -0.1) is 0 Å². The first-order valence-electron chi connectivity index (χ1n) is 6.61. The lowest BCUT2D eigenvalue weighted by molar-refractivity contribution is -0.124. The molecule has 3 nitrogen and oxygen atoms in total. The number of hydrogen-bond acceptors (Lipinski definition) is 2. The van der Waals surface area contributed by atoms with Gasteiger partial charge in [-0.1, -0.05) is 20.3 Å². The fourth-order valence-corrected chi connectivity index (χ4v) is 2.90. The monoisotopic (exact) mass is 226 g/mol. The maximum absolute atomic E-state index is 11.3. The van der Waals surface area contributed by atoms with E-state index < -0.39 is 0 Å². The zero-order chi connectivity index (χ0) is 12.1. The molecule has 1 unspecified atom stereocenters. The molecule has 1 rings (SSSR count). The molecule has 1 atom stereocenters. The summed E-state index contributed by atoms with van der Waals surface area (Å²) in [6.07, 6.45) is 7.17. The predicted molar refractivity (Wildman–Crippen MR) is 67.1 cm³/mol. The van der Waals surface area contributed by atoms with Gasteiger partial charge < -0.3 is 5.73 Å². The SMILES string of the molecule is CCC1CCC(N(C)C(CC)C(N)=O)CC1. The molecule has 0 aromatic rings. The highest BCUT2D eigenvalue weighted by atomic mass is 16.1. The molecule has 0 saturated heterocycles. The van der Waals surface area contributed by atoms with Crippen LogP contribution >= 0.6 is 0 Å².